The molecule has 0 saturated heterocycles. The zero-order valence-corrected chi connectivity index (χ0v) is 24.6. The first kappa shape index (κ1) is 26.5. The van der Waals surface area contributed by atoms with Crippen molar-refractivity contribution < 1.29 is 23.9 Å². The summed E-state index contributed by atoms with van der Waals surface area (Å²) in [4.78, 5) is 41.3. The number of pyridine rings is 1. The van der Waals surface area contributed by atoms with E-state index >= 15 is 0 Å². The topological polar surface area (TPSA) is 94.6 Å². The molecule has 3 aliphatic carbocycles. The van der Waals surface area contributed by atoms with Crippen LogP contribution in [0.1, 0.15) is 64.4 Å². The van der Waals surface area contributed by atoms with E-state index < -0.39 is 3.61 Å². The minimum Gasteiger partial charge on any atom is -0.476 e. The fourth-order valence-corrected chi connectivity index (χ4v) is 9.27. The molecule has 6 rings (SSSR count). The Morgan fingerprint density at radius 2 is 2.05 bits per heavy atom. The second-order valence-electron chi connectivity index (χ2n) is 11.8. The van der Waals surface area contributed by atoms with Crippen LogP contribution in [0.5, 0.6) is 0 Å². The number of benzene rings is 1. The van der Waals surface area contributed by atoms with E-state index in [9.17, 15) is 14.4 Å². The highest BCUT2D eigenvalue weighted by Gasteiger charge is 2.65. The van der Waals surface area contributed by atoms with E-state index in [0.29, 0.717) is 31.4 Å². The second-order valence-corrected chi connectivity index (χ2v) is 13.4. The van der Waals surface area contributed by atoms with Crippen LogP contribution in [0.4, 0.5) is 0 Å². The molecule has 2 fully saturated rings. The van der Waals surface area contributed by atoms with Crippen molar-refractivity contribution in [2.24, 2.45) is 17.3 Å². The number of carbonyl (C=O) groups excluding carboxylic acids is 3. The van der Waals surface area contributed by atoms with Crippen molar-refractivity contribution in [3.05, 3.63) is 65.2 Å². The van der Waals surface area contributed by atoms with Crippen LogP contribution in [0.2, 0.25) is 0 Å². The predicted molar refractivity (Wildman–Crippen MR) is 155 cm³/mol. The third-order valence-corrected chi connectivity index (χ3v) is 11.0. The third kappa shape index (κ3) is 4.39. The van der Waals surface area contributed by atoms with E-state index in [-0.39, 0.29) is 46.9 Å². The molecule has 204 valence electrons. The SMILES string of the molecule is CC(=O)NCC1CC(=O)C2=C(C1)O[C@]1(I)C(=C2)CC[C@@]2(C)[C@H]1C[C@@H](OC(C)=O)[C@@H]2c1cccc2cnccc12. The smallest absolute Gasteiger partial charge is 0.302 e. The van der Waals surface area contributed by atoms with Crippen LogP contribution in [-0.4, -0.2) is 38.9 Å². The van der Waals surface area contributed by atoms with Gasteiger partial charge in [-0.3, -0.25) is 19.4 Å². The van der Waals surface area contributed by atoms with Gasteiger partial charge in [0.2, 0.25) is 5.91 Å². The normalized spacial score (nSPS) is 33.4. The van der Waals surface area contributed by atoms with Crippen molar-refractivity contribution in [1.82, 2.24) is 10.3 Å². The molecule has 1 aromatic heterocycles. The molecule has 1 aromatic carbocycles. The van der Waals surface area contributed by atoms with Gasteiger partial charge >= 0.3 is 5.97 Å². The average Bonchev–Trinajstić information content (AvgIpc) is 3.18. The van der Waals surface area contributed by atoms with Crippen LogP contribution < -0.4 is 5.32 Å². The summed E-state index contributed by atoms with van der Waals surface area (Å²) < 4.78 is 12.3. The Labute approximate surface area is 241 Å². The van der Waals surface area contributed by atoms with Gasteiger partial charge in [0.1, 0.15) is 11.9 Å². The summed E-state index contributed by atoms with van der Waals surface area (Å²) in [5, 5.41) is 5.06. The van der Waals surface area contributed by atoms with E-state index in [1.54, 1.807) is 0 Å². The molecule has 1 amide bonds. The lowest BCUT2D eigenvalue weighted by Gasteiger charge is -2.52. The van der Waals surface area contributed by atoms with Gasteiger partial charge in [-0.05, 0) is 81.9 Å². The van der Waals surface area contributed by atoms with E-state index in [0.717, 1.165) is 34.9 Å². The number of esters is 1. The summed E-state index contributed by atoms with van der Waals surface area (Å²) >= 11 is 2.46. The number of nitrogens with one attached hydrogen (secondary N) is 1. The van der Waals surface area contributed by atoms with Gasteiger partial charge in [0.15, 0.2) is 9.39 Å². The molecule has 0 spiro atoms. The van der Waals surface area contributed by atoms with Gasteiger partial charge in [0.05, 0.1) is 5.57 Å². The van der Waals surface area contributed by atoms with Crippen molar-refractivity contribution in [2.75, 3.05) is 6.54 Å². The molecule has 2 heterocycles. The molecule has 2 saturated carbocycles. The average molecular weight is 641 g/mol. The van der Waals surface area contributed by atoms with Crippen LogP contribution in [0.3, 0.4) is 0 Å². The number of amides is 1. The minimum atomic E-state index is -0.640. The Morgan fingerprint density at radius 1 is 1.23 bits per heavy atom. The van der Waals surface area contributed by atoms with Crippen molar-refractivity contribution >= 4 is 51.0 Å². The molecule has 1 aliphatic heterocycles. The van der Waals surface area contributed by atoms with E-state index in [4.69, 9.17) is 9.47 Å². The lowest BCUT2D eigenvalue weighted by Crippen LogP contribution is -2.50. The number of fused-ring (bicyclic) bond motifs is 4. The summed E-state index contributed by atoms with van der Waals surface area (Å²) in [7, 11) is 0. The Morgan fingerprint density at radius 3 is 2.82 bits per heavy atom. The van der Waals surface area contributed by atoms with Crippen LogP contribution in [0.25, 0.3) is 10.8 Å². The lowest BCUT2D eigenvalue weighted by atomic mass is 9.60. The fourth-order valence-electron chi connectivity index (χ4n) is 7.61. The quantitative estimate of drug-likeness (QED) is 0.269. The minimum absolute atomic E-state index is 0.00910. The number of Topliss-reactive ketones (excluding diaryl/α,β-unsaturated/α-hetero) is 1. The van der Waals surface area contributed by atoms with Crippen molar-refractivity contribution in [3.8, 4) is 0 Å². The van der Waals surface area contributed by atoms with Crippen molar-refractivity contribution in [3.63, 3.8) is 0 Å². The number of nitrogens with zero attached hydrogens (tertiary/aromatic N) is 1. The Balaban J connectivity index is 1.39. The van der Waals surface area contributed by atoms with Gasteiger partial charge in [-0.15, -0.1) is 0 Å². The molecule has 1 unspecified atom stereocenters. The first-order valence-corrected chi connectivity index (χ1v) is 14.8. The molecule has 6 atom stereocenters. The molecule has 1 N–H and O–H groups in total. The summed E-state index contributed by atoms with van der Waals surface area (Å²) in [6.45, 7) is 5.75. The summed E-state index contributed by atoms with van der Waals surface area (Å²) in [6.07, 6.45) is 8.91. The number of alkyl halides is 1. The number of halogens is 1. The molecule has 4 aliphatic rings. The number of ketones is 1. The number of allylic oxidation sites excluding steroid dienone is 3. The molecule has 8 heteroatoms. The van der Waals surface area contributed by atoms with E-state index in [1.165, 1.54) is 19.4 Å². The zero-order valence-electron chi connectivity index (χ0n) is 22.5. The van der Waals surface area contributed by atoms with E-state index in [2.05, 4.69) is 70.2 Å². The maximum absolute atomic E-state index is 13.1. The first-order valence-electron chi connectivity index (χ1n) is 13.7. The van der Waals surface area contributed by atoms with Crippen molar-refractivity contribution in [2.45, 2.75) is 68.5 Å². The van der Waals surface area contributed by atoms with Gasteiger partial charge in [0.25, 0.3) is 0 Å². The number of ether oxygens (including phenoxy) is 2. The third-order valence-electron chi connectivity index (χ3n) is 9.31. The molecule has 0 bridgehead atoms. The number of hydrogen-bond donors (Lipinski definition) is 1. The van der Waals surface area contributed by atoms with Crippen LogP contribution in [0, 0.1) is 17.3 Å². The molecule has 2 aromatic rings. The second kappa shape index (κ2) is 9.71. The van der Waals surface area contributed by atoms with Gasteiger partial charge in [-0.25, -0.2) is 0 Å². The maximum Gasteiger partial charge on any atom is 0.302 e. The van der Waals surface area contributed by atoms with Gasteiger partial charge in [-0.1, -0.05) is 25.1 Å². The summed E-state index contributed by atoms with van der Waals surface area (Å²) in [5.41, 5.74) is 2.80. The van der Waals surface area contributed by atoms with Gasteiger partial charge < -0.3 is 14.8 Å². The Hall–Kier alpha value is -2.75. The standard InChI is InChI=1S/C31H33IN2O5/c1-17(35)34-15-19-11-25(37)24-13-21-7-9-30(3)28(31(21,32)39-26(24)12-19)14-27(38-18(2)36)29(30)23-6-4-5-20-16-33-10-8-22(20)23/h4-6,8,10,13,16,19,27-29H,7,9,11-12,14-15H2,1-3H3,(H,34,35)/t19?,27-,28-,29+,30+,31-/m1/s1. The zero-order chi connectivity index (χ0) is 27.5. The highest BCUT2D eigenvalue weighted by Crippen LogP contribution is 2.68. The Bertz CT molecular complexity index is 1440. The summed E-state index contributed by atoms with van der Waals surface area (Å²) in [5.74, 6) is 0.507. The summed E-state index contributed by atoms with van der Waals surface area (Å²) in [6, 6.07) is 8.35. The highest BCUT2D eigenvalue weighted by molar-refractivity contribution is 14.1. The fraction of sp³-hybridized carbons (Fsp3) is 0.484. The Kier molecular flexibility index (Phi) is 6.59. The number of hydrogen-bond acceptors (Lipinski definition) is 6. The molecular weight excluding hydrogens is 607 g/mol. The van der Waals surface area contributed by atoms with Crippen LogP contribution in [-0.2, 0) is 23.9 Å². The lowest BCUT2D eigenvalue weighted by molar-refractivity contribution is -0.147. The van der Waals surface area contributed by atoms with Crippen LogP contribution in [0.15, 0.2) is 59.6 Å². The van der Waals surface area contributed by atoms with Gasteiger partial charge in [0, 0.05) is 62.8 Å². The maximum atomic E-state index is 13.1. The monoisotopic (exact) mass is 640 g/mol. The first-order chi connectivity index (χ1) is 18.6. The van der Waals surface area contributed by atoms with E-state index in [1.807, 2.05) is 12.4 Å². The molecular formula is C31H33IN2O5. The van der Waals surface area contributed by atoms with Crippen LogP contribution >= 0.6 is 22.6 Å². The molecule has 39 heavy (non-hydrogen) atoms. The van der Waals surface area contributed by atoms with Gasteiger partial charge in [-0.2, -0.15) is 0 Å². The number of rotatable bonds is 4. The molecule has 7 nitrogen and oxygen atoms in total. The van der Waals surface area contributed by atoms with Crippen molar-refractivity contribution in [1.29, 1.82) is 0 Å². The highest BCUT2D eigenvalue weighted by atomic mass is 127. The number of carbonyl (C=O) groups is 3. The largest absolute Gasteiger partial charge is 0.476 e. The number of aromatic nitrogens is 1. The predicted octanol–water partition coefficient (Wildman–Crippen LogP) is 5.53. The molecule has 0 radical (unpaired) electrons.